The number of rotatable bonds is 4. The van der Waals surface area contributed by atoms with Crippen molar-refractivity contribution in [2.45, 2.75) is 18.9 Å². The maximum atomic E-state index is 14.5. The number of aromatic hydroxyl groups is 1. The summed E-state index contributed by atoms with van der Waals surface area (Å²) in [7, 11) is 0. The second-order valence-electron chi connectivity index (χ2n) is 6.28. The van der Waals surface area contributed by atoms with Crippen LogP contribution in [0.5, 0.6) is 5.75 Å². The highest BCUT2D eigenvalue weighted by Gasteiger charge is 2.21. The second kappa shape index (κ2) is 7.49. The van der Waals surface area contributed by atoms with Crippen LogP contribution < -0.4 is 22.5 Å². The maximum absolute atomic E-state index is 14.5. The van der Waals surface area contributed by atoms with Gasteiger partial charge in [-0.2, -0.15) is 4.39 Å². The van der Waals surface area contributed by atoms with E-state index in [9.17, 15) is 9.50 Å². The van der Waals surface area contributed by atoms with E-state index in [0.29, 0.717) is 5.56 Å². The van der Waals surface area contributed by atoms with Crippen LogP contribution in [0.1, 0.15) is 30.0 Å². The minimum atomic E-state index is -0.659. The lowest BCUT2D eigenvalue weighted by Gasteiger charge is -2.22. The molecule has 0 unspecified atom stereocenters. The molecule has 0 radical (unpaired) electrons. The molecule has 0 atom stereocenters. The number of nitrogens with two attached hydrogens (primary N) is 3. The van der Waals surface area contributed by atoms with E-state index in [1.807, 2.05) is 0 Å². The molecule has 0 saturated carbocycles. The minimum absolute atomic E-state index is 0.0158. The molecule has 2 heterocycles. The number of benzene rings is 1. The van der Waals surface area contributed by atoms with Crippen molar-refractivity contribution < 1.29 is 9.50 Å². The van der Waals surface area contributed by atoms with Crippen LogP contribution in [0.3, 0.4) is 0 Å². The molecule has 7 nitrogen and oxygen atoms in total. The number of phenolic OH excluding ortho intramolecular Hbond substituents is 1. The second-order valence-corrected chi connectivity index (χ2v) is 6.28. The molecule has 1 aromatic heterocycles. The van der Waals surface area contributed by atoms with E-state index < -0.39 is 5.95 Å². The number of para-hydroxylation sites is 1. The number of nitrogens with zero attached hydrogens (tertiary/aromatic N) is 2. The maximum Gasteiger partial charge on any atom is 0.240 e. The number of phenols is 1. The fraction of sp³-hybridized carbons (Fsp3) is 0.278. The molecular weight excluding hydrogens is 335 g/mol. The largest absolute Gasteiger partial charge is 0.507 e. The van der Waals surface area contributed by atoms with Crippen molar-refractivity contribution in [2.75, 3.05) is 13.1 Å². The van der Waals surface area contributed by atoms with Crippen molar-refractivity contribution in [1.29, 1.82) is 0 Å². The van der Waals surface area contributed by atoms with Crippen LogP contribution in [-0.4, -0.2) is 28.0 Å². The van der Waals surface area contributed by atoms with Crippen LogP contribution >= 0.6 is 0 Å². The van der Waals surface area contributed by atoms with Crippen molar-refractivity contribution in [2.24, 2.45) is 17.2 Å². The first-order valence-electron chi connectivity index (χ1n) is 8.44. The number of hydrogen-bond acceptors (Lipinski definition) is 6. The zero-order chi connectivity index (χ0) is 18.7. The van der Waals surface area contributed by atoms with Crippen LogP contribution in [-0.2, 0) is 0 Å². The molecule has 0 spiro atoms. The van der Waals surface area contributed by atoms with Crippen LogP contribution in [0.25, 0.3) is 11.3 Å². The predicted octanol–water partition coefficient (Wildman–Crippen LogP) is 1.24. The zero-order valence-corrected chi connectivity index (χ0v) is 14.3. The van der Waals surface area contributed by atoms with Crippen molar-refractivity contribution in [1.82, 2.24) is 15.1 Å². The third-order valence-corrected chi connectivity index (χ3v) is 4.49. The van der Waals surface area contributed by atoms with Gasteiger partial charge in [-0.1, -0.05) is 12.1 Å². The smallest absolute Gasteiger partial charge is 0.240 e. The van der Waals surface area contributed by atoms with Crippen LogP contribution in [0, 0.1) is 5.95 Å². The Bertz CT molecular complexity index is 847. The number of hydrogen-bond donors (Lipinski definition) is 5. The SMILES string of the molecule is NC(N)=C(/C=C(\N)c1ccccc1O)c1cn(C2CCNCC2)nc1F. The Morgan fingerprint density at radius 1 is 1.19 bits per heavy atom. The molecule has 2 aromatic rings. The lowest BCUT2D eigenvalue weighted by molar-refractivity contribution is 0.334. The quantitative estimate of drug-likeness (QED) is 0.523. The average molecular weight is 358 g/mol. The number of halogens is 1. The molecule has 0 bridgehead atoms. The molecule has 1 aliphatic heterocycles. The molecule has 1 saturated heterocycles. The molecule has 8 N–H and O–H groups in total. The monoisotopic (exact) mass is 358 g/mol. The third-order valence-electron chi connectivity index (χ3n) is 4.49. The molecule has 3 rings (SSSR count). The van der Waals surface area contributed by atoms with Gasteiger partial charge in [-0.3, -0.25) is 4.68 Å². The number of aromatic nitrogens is 2. The van der Waals surface area contributed by atoms with Crippen molar-refractivity contribution in [3.8, 4) is 5.75 Å². The highest BCUT2D eigenvalue weighted by Crippen LogP contribution is 2.28. The van der Waals surface area contributed by atoms with Crippen molar-refractivity contribution in [3.05, 3.63) is 59.4 Å². The summed E-state index contributed by atoms with van der Waals surface area (Å²) in [5.41, 5.74) is 18.7. The number of allylic oxidation sites excluding steroid dienone is 2. The summed E-state index contributed by atoms with van der Waals surface area (Å²) in [6.45, 7) is 1.73. The van der Waals surface area contributed by atoms with E-state index >= 15 is 0 Å². The van der Waals surface area contributed by atoms with E-state index in [0.717, 1.165) is 25.9 Å². The van der Waals surface area contributed by atoms with Crippen molar-refractivity contribution >= 4 is 11.3 Å². The molecular formula is C18H23FN6O. The summed E-state index contributed by atoms with van der Waals surface area (Å²) in [6, 6.07) is 6.71. The Kier molecular flexibility index (Phi) is 5.13. The van der Waals surface area contributed by atoms with Gasteiger partial charge in [-0.15, -0.1) is 5.10 Å². The normalized spacial score (nSPS) is 15.8. The lowest BCUT2D eigenvalue weighted by Crippen LogP contribution is -2.29. The molecule has 1 aromatic carbocycles. The molecule has 1 fully saturated rings. The van der Waals surface area contributed by atoms with Crippen LogP contribution in [0.2, 0.25) is 0 Å². The Labute approximate surface area is 151 Å². The summed E-state index contributed by atoms with van der Waals surface area (Å²) in [6.07, 6.45) is 4.80. The number of nitrogens with one attached hydrogen (secondary N) is 1. The van der Waals surface area contributed by atoms with Gasteiger partial charge in [0, 0.05) is 23.0 Å². The fourth-order valence-electron chi connectivity index (χ4n) is 3.08. The summed E-state index contributed by atoms with van der Waals surface area (Å²) in [4.78, 5) is 0. The molecule has 0 aliphatic carbocycles. The minimum Gasteiger partial charge on any atom is -0.507 e. The van der Waals surface area contributed by atoms with Crippen LogP contribution in [0.4, 0.5) is 4.39 Å². The first kappa shape index (κ1) is 17.8. The Morgan fingerprint density at radius 2 is 1.88 bits per heavy atom. The van der Waals surface area contributed by atoms with Crippen LogP contribution in [0.15, 0.2) is 42.4 Å². The van der Waals surface area contributed by atoms with Gasteiger partial charge >= 0.3 is 0 Å². The highest BCUT2D eigenvalue weighted by molar-refractivity contribution is 5.84. The van der Waals surface area contributed by atoms with Gasteiger partial charge in [-0.05, 0) is 44.1 Å². The fourth-order valence-corrected chi connectivity index (χ4v) is 3.08. The van der Waals surface area contributed by atoms with Gasteiger partial charge in [0.15, 0.2) is 0 Å². The number of piperidine rings is 1. The summed E-state index contributed by atoms with van der Waals surface area (Å²) in [5.74, 6) is -0.720. The Balaban J connectivity index is 1.97. The first-order chi connectivity index (χ1) is 12.5. The topological polar surface area (TPSA) is 128 Å². The molecule has 26 heavy (non-hydrogen) atoms. The van der Waals surface area contributed by atoms with Gasteiger partial charge in [0.05, 0.1) is 11.6 Å². The summed E-state index contributed by atoms with van der Waals surface area (Å²) in [5, 5.41) is 17.2. The zero-order valence-electron chi connectivity index (χ0n) is 14.3. The third kappa shape index (κ3) is 3.65. The van der Waals surface area contributed by atoms with Gasteiger partial charge in [0.25, 0.3) is 0 Å². The molecule has 0 amide bonds. The standard InChI is InChI=1S/C18H23FN6O/c19-17-14(10-25(24-17)11-5-7-23-8-6-11)13(18(21)22)9-15(20)12-3-1-2-4-16(12)26/h1-4,9-11,23,26H,5-8,20-22H2/b15-9-. The molecule has 1 aliphatic rings. The van der Waals surface area contributed by atoms with Gasteiger partial charge in [0.1, 0.15) is 11.6 Å². The van der Waals surface area contributed by atoms with E-state index in [-0.39, 0.29) is 34.4 Å². The van der Waals surface area contributed by atoms with E-state index in [1.54, 1.807) is 29.1 Å². The van der Waals surface area contributed by atoms with E-state index in [2.05, 4.69) is 10.4 Å². The molecule has 138 valence electrons. The average Bonchev–Trinajstić information content (AvgIpc) is 3.02. The predicted molar refractivity (Wildman–Crippen MR) is 98.9 cm³/mol. The lowest BCUT2D eigenvalue weighted by atomic mass is 10.0. The van der Waals surface area contributed by atoms with E-state index in [1.165, 1.54) is 12.1 Å². The Morgan fingerprint density at radius 3 is 2.54 bits per heavy atom. The highest BCUT2D eigenvalue weighted by atomic mass is 19.1. The van der Waals surface area contributed by atoms with Crippen molar-refractivity contribution in [3.63, 3.8) is 0 Å². The van der Waals surface area contributed by atoms with E-state index in [4.69, 9.17) is 17.2 Å². The Hall–Kier alpha value is -3.00. The van der Waals surface area contributed by atoms with Gasteiger partial charge < -0.3 is 27.6 Å². The van der Waals surface area contributed by atoms with Gasteiger partial charge in [-0.25, -0.2) is 0 Å². The summed E-state index contributed by atoms with van der Waals surface area (Å²) < 4.78 is 16.1. The molecule has 8 heteroatoms. The van der Waals surface area contributed by atoms with Gasteiger partial charge in [0.2, 0.25) is 5.95 Å². The summed E-state index contributed by atoms with van der Waals surface area (Å²) >= 11 is 0. The first-order valence-corrected chi connectivity index (χ1v) is 8.44.